The number of hydrogen-bond acceptors (Lipinski definition) is 8. The fraction of sp³-hybridized carbons (Fsp3) is 0.0526. The summed E-state index contributed by atoms with van der Waals surface area (Å²) < 4.78 is 7.34. The maximum Gasteiger partial charge on any atom is 0.241 e. The highest BCUT2D eigenvalue weighted by Gasteiger charge is 2.11. The summed E-state index contributed by atoms with van der Waals surface area (Å²) in [5.74, 6) is 0.996. The molecule has 0 aliphatic carbocycles. The quantitative estimate of drug-likeness (QED) is 0.513. The smallest absolute Gasteiger partial charge is 0.241 e. The van der Waals surface area contributed by atoms with Crippen molar-refractivity contribution in [2.45, 2.75) is 6.54 Å². The molecule has 0 unspecified atom stereocenters. The molecule has 9 nitrogen and oxygen atoms in total. The van der Waals surface area contributed by atoms with Crippen molar-refractivity contribution in [3.8, 4) is 11.8 Å². The van der Waals surface area contributed by atoms with Gasteiger partial charge in [-0.3, -0.25) is 4.98 Å². The largest absolute Gasteiger partial charge is 0.419 e. The van der Waals surface area contributed by atoms with Crippen molar-refractivity contribution in [1.29, 1.82) is 0 Å². The number of hydrogen-bond donors (Lipinski definition) is 1. The predicted molar refractivity (Wildman–Crippen MR) is 103 cm³/mol. The van der Waals surface area contributed by atoms with Gasteiger partial charge in [-0.25, -0.2) is 9.67 Å². The van der Waals surface area contributed by atoms with Crippen LogP contribution in [0.5, 0.6) is 11.8 Å². The number of benzene rings is 1. The van der Waals surface area contributed by atoms with Gasteiger partial charge >= 0.3 is 0 Å². The topological polar surface area (TPSA) is 118 Å². The highest BCUT2D eigenvalue weighted by Crippen LogP contribution is 2.20. The molecular weight excluding hydrogens is 356 g/mol. The zero-order valence-corrected chi connectivity index (χ0v) is 14.6. The van der Waals surface area contributed by atoms with Crippen molar-refractivity contribution in [2.75, 3.05) is 5.73 Å². The number of anilines is 1. The van der Waals surface area contributed by atoms with Gasteiger partial charge < -0.3 is 10.5 Å². The van der Waals surface area contributed by atoms with E-state index in [1.54, 1.807) is 29.1 Å². The molecule has 9 heteroatoms. The summed E-state index contributed by atoms with van der Waals surface area (Å²) in [6, 6.07) is 15.1. The van der Waals surface area contributed by atoms with E-state index < -0.39 is 0 Å². The number of ether oxygens (including phenoxy) is 1. The number of nitrogens with zero attached hydrogens (tertiary/aromatic N) is 7. The first-order valence-electron chi connectivity index (χ1n) is 8.55. The third-order valence-electron chi connectivity index (χ3n) is 4.16. The Balaban J connectivity index is 1.47. The molecule has 0 atom stereocenters. The summed E-state index contributed by atoms with van der Waals surface area (Å²) in [6.45, 7) is 0.496. The first-order chi connectivity index (χ1) is 13.7. The fourth-order valence-electron chi connectivity index (χ4n) is 2.89. The van der Waals surface area contributed by atoms with Crippen LogP contribution in [-0.2, 0) is 6.54 Å². The van der Waals surface area contributed by atoms with Crippen molar-refractivity contribution < 1.29 is 4.74 Å². The van der Waals surface area contributed by atoms with E-state index in [0.29, 0.717) is 29.5 Å². The Kier molecular flexibility index (Phi) is 3.75. The third-order valence-corrected chi connectivity index (χ3v) is 4.16. The maximum atomic E-state index is 5.68. The molecule has 0 radical (unpaired) electrons. The molecule has 0 fully saturated rings. The van der Waals surface area contributed by atoms with Crippen molar-refractivity contribution in [3.63, 3.8) is 0 Å². The third kappa shape index (κ3) is 3.05. The first kappa shape index (κ1) is 16.1. The standard InChI is InChI=1S/C19H14N8O/c20-15-4-1-5-16(23-15)28-17-10-22-18-19(24-17)27(26-25-18)11-12-6-7-14-13(9-12)3-2-8-21-14/h1-10H,11H2,(H2,20,23). The maximum absolute atomic E-state index is 5.68. The number of nitrogens with two attached hydrogens (primary N) is 1. The zero-order chi connectivity index (χ0) is 18.9. The molecule has 5 aromatic rings. The lowest BCUT2D eigenvalue weighted by Crippen LogP contribution is -2.04. The molecular formula is C19H14N8O. The van der Waals surface area contributed by atoms with Crippen molar-refractivity contribution >= 4 is 28.0 Å². The molecule has 0 bridgehead atoms. The Morgan fingerprint density at radius 2 is 1.93 bits per heavy atom. The van der Waals surface area contributed by atoms with Crippen LogP contribution in [0.25, 0.3) is 22.2 Å². The second kappa shape index (κ2) is 6.54. The lowest BCUT2D eigenvalue weighted by molar-refractivity contribution is 0.444. The van der Waals surface area contributed by atoms with Gasteiger partial charge in [0, 0.05) is 17.6 Å². The van der Waals surface area contributed by atoms with Crippen molar-refractivity contribution in [3.05, 3.63) is 66.5 Å². The summed E-state index contributed by atoms with van der Waals surface area (Å²) >= 11 is 0. The SMILES string of the molecule is Nc1cccc(Oc2cnc3nnn(Cc4ccc5ncccc5c4)c3n2)n1. The predicted octanol–water partition coefficient (Wildman–Crippen LogP) is 2.59. The molecule has 4 aromatic heterocycles. The van der Waals surface area contributed by atoms with E-state index in [1.165, 1.54) is 6.20 Å². The average molecular weight is 370 g/mol. The molecule has 2 N–H and O–H groups in total. The van der Waals surface area contributed by atoms with Crippen LogP contribution in [0.2, 0.25) is 0 Å². The van der Waals surface area contributed by atoms with Crippen molar-refractivity contribution in [2.24, 2.45) is 0 Å². The number of rotatable bonds is 4. The van der Waals surface area contributed by atoms with Crippen molar-refractivity contribution in [1.82, 2.24) is 34.9 Å². The Labute approximate surface area is 158 Å². The molecule has 0 aliphatic heterocycles. The minimum atomic E-state index is 0.289. The van der Waals surface area contributed by atoms with E-state index in [0.717, 1.165) is 16.5 Å². The van der Waals surface area contributed by atoms with Crippen LogP contribution in [0.15, 0.2) is 60.9 Å². The minimum absolute atomic E-state index is 0.289. The summed E-state index contributed by atoms with van der Waals surface area (Å²) in [5.41, 5.74) is 8.64. The van der Waals surface area contributed by atoms with Crippen LogP contribution in [0, 0.1) is 0 Å². The van der Waals surface area contributed by atoms with Crippen LogP contribution in [-0.4, -0.2) is 34.9 Å². The molecule has 0 amide bonds. The number of fused-ring (bicyclic) bond motifs is 2. The lowest BCUT2D eigenvalue weighted by atomic mass is 10.1. The van der Waals surface area contributed by atoms with Gasteiger partial charge in [-0.1, -0.05) is 23.4 Å². The van der Waals surface area contributed by atoms with Gasteiger partial charge in [-0.15, -0.1) is 5.10 Å². The number of nitrogen functional groups attached to an aromatic ring is 1. The van der Waals surface area contributed by atoms with Crippen LogP contribution >= 0.6 is 0 Å². The second-order valence-corrected chi connectivity index (χ2v) is 6.14. The molecule has 0 saturated carbocycles. The van der Waals surface area contributed by atoms with Crippen LogP contribution in [0.1, 0.15) is 5.56 Å². The van der Waals surface area contributed by atoms with Gasteiger partial charge in [0.1, 0.15) is 5.82 Å². The summed E-state index contributed by atoms with van der Waals surface area (Å²) in [6.07, 6.45) is 3.26. The monoisotopic (exact) mass is 370 g/mol. The van der Waals surface area contributed by atoms with Gasteiger partial charge in [-0.2, -0.15) is 9.97 Å². The average Bonchev–Trinajstić information content (AvgIpc) is 3.10. The molecule has 0 aliphatic rings. The lowest BCUT2D eigenvalue weighted by Gasteiger charge is -2.06. The Morgan fingerprint density at radius 1 is 0.964 bits per heavy atom. The van der Waals surface area contributed by atoms with E-state index in [4.69, 9.17) is 10.5 Å². The second-order valence-electron chi connectivity index (χ2n) is 6.14. The molecule has 4 heterocycles. The minimum Gasteiger partial charge on any atom is -0.419 e. The number of pyridine rings is 2. The molecule has 5 rings (SSSR count). The zero-order valence-electron chi connectivity index (χ0n) is 14.6. The summed E-state index contributed by atoms with van der Waals surface area (Å²) in [7, 11) is 0. The summed E-state index contributed by atoms with van der Waals surface area (Å²) in [5, 5.41) is 9.31. The van der Waals surface area contributed by atoms with Gasteiger partial charge in [-0.05, 0) is 29.8 Å². The van der Waals surface area contributed by atoms with E-state index in [9.17, 15) is 0 Å². The Bertz CT molecular complexity index is 1300. The highest BCUT2D eigenvalue weighted by atomic mass is 16.5. The Hall–Kier alpha value is -4.14. The van der Waals surface area contributed by atoms with E-state index in [-0.39, 0.29) is 5.88 Å². The van der Waals surface area contributed by atoms with Gasteiger partial charge in [0.05, 0.1) is 18.3 Å². The molecule has 28 heavy (non-hydrogen) atoms. The molecule has 0 spiro atoms. The Morgan fingerprint density at radius 3 is 2.86 bits per heavy atom. The van der Waals surface area contributed by atoms with Crippen LogP contribution in [0.4, 0.5) is 5.82 Å². The molecule has 0 saturated heterocycles. The van der Waals surface area contributed by atoms with Gasteiger partial charge in [0.15, 0.2) is 0 Å². The van der Waals surface area contributed by atoms with E-state index in [1.807, 2.05) is 24.3 Å². The molecule has 136 valence electrons. The van der Waals surface area contributed by atoms with Crippen LogP contribution in [0.3, 0.4) is 0 Å². The van der Waals surface area contributed by atoms with E-state index >= 15 is 0 Å². The number of aromatic nitrogens is 7. The highest BCUT2D eigenvalue weighted by molar-refractivity contribution is 5.79. The van der Waals surface area contributed by atoms with Gasteiger partial charge in [0.2, 0.25) is 23.1 Å². The fourth-order valence-corrected chi connectivity index (χ4v) is 2.89. The first-order valence-corrected chi connectivity index (χ1v) is 8.55. The van der Waals surface area contributed by atoms with Crippen LogP contribution < -0.4 is 10.5 Å². The summed E-state index contributed by atoms with van der Waals surface area (Å²) in [4.78, 5) is 17.2. The molecule has 1 aromatic carbocycles. The van der Waals surface area contributed by atoms with Gasteiger partial charge in [0.25, 0.3) is 0 Å². The van der Waals surface area contributed by atoms with E-state index in [2.05, 4.69) is 36.3 Å². The normalized spacial score (nSPS) is 11.1.